The van der Waals surface area contributed by atoms with E-state index in [4.69, 9.17) is 5.11 Å². The molecule has 20 heavy (non-hydrogen) atoms. The Morgan fingerprint density at radius 3 is 2.70 bits per heavy atom. The van der Waals surface area contributed by atoms with Crippen LogP contribution in [0.5, 0.6) is 0 Å². The molecule has 1 aromatic rings. The summed E-state index contributed by atoms with van der Waals surface area (Å²) in [7, 11) is 0. The smallest absolute Gasteiger partial charge is 0.142 e. The average Bonchev–Trinajstić information content (AvgIpc) is 2.45. The molecule has 1 heterocycles. The third-order valence-electron chi connectivity index (χ3n) is 3.57. The quantitative estimate of drug-likeness (QED) is 0.840. The molecule has 1 saturated heterocycles. The van der Waals surface area contributed by atoms with Crippen LogP contribution >= 0.6 is 28.3 Å². The zero-order valence-corrected chi connectivity index (χ0v) is 13.7. The maximum Gasteiger partial charge on any atom is 0.142 e. The van der Waals surface area contributed by atoms with Crippen molar-refractivity contribution in [3.8, 4) is 0 Å². The summed E-state index contributed by atoms with van der Waals surface area (Å²) >= 11 is 3.25. The number of hydrogen-bond donors (Lipinski definition) is 2. The van der Waals surface area contributed by atoms with E-state index in [1.165, 1.54) is 0 Å². The van der Waals surface area contributed by atoms with Gasteiger partial charge in [0.2, 0.25) is 0 Å². The maximum absolute atomic E-state index is 14.3. The predicted octanol–water partition coefficient (Wildman–Crippen LogP) is 2.73. The second-order valence-electron chi connectivity index (χ2n) is 4.81. The molecule has 6 heteroatoms. The second kappa shape index (κ2) is 8.95. The Labute approximate surface area is 134 Å². The van der Waals surface area contributed by atoms with Crippen LogP contribution in [0.15, 0.2) is 22.7 Å². The lowest BCUT2D eigenvalue weighted by molar-refractivity contribution is 0.151. The van der Waals surface area contributed by atoms with Crippen molar-refractivity contribution in [2.24, 2.45) is 0 Å². The van der Waals surface area contributed by atoms with Crippen LogP contribution < -0.4 is 5.32 Å². The Morgan fingerprint density at radius 2 is 2.05 bits per heavy atom. The van der Waals surface area contributed by atoms with Crippen molar-refractivity contribution in [2.45, 2.75) is 18.9 Å². The third kappa shape index (κ3) is 4.40. The van der Waals surface area contributed by atoms with E-state index >= 15 is 0 Å². The van der Waals surface area contributed by atoms with Crippen molar-refractivity contribution >= 4 is 28.3 Å². The third-order valence-corrected chi connectivity index (χ3v) is 4.18. The lowest BCUT2D eigenvalue weighted by Crippen LogP contribution is -2.45. The van der Waals surface area contributed by atoms with Crippen LogP contribution in [-0.2, 0) is 0 Å². The molecule has 1 atom stereocenters. The molecule has 114 valence electrons. The Balaban J connectivity index is 0.00000200. The highest BCUT2D eigenvalue weighted by Crippen LogP contribution is 2.31. The summed E-state index contributed by atoms with van der Waals surface area (Å²) in [6, 6.07) is 5.49. The number of rotatable bonds is 5. The van der Waals surface area contributed by atoms with Crippen LogP contribution in [0.1, 0.15) is 24.4 Å². The van der Waals surface area contributed by atoms with E-state index in [9.17, 15) is 4.39 Å². The fourth-order valence-electron chi connectivity index (χ4n) is 2.59. The first kappa shape index (κ1) is 17.9. The standard InChI is InChI=1S/C14H20BrFN2O.ClH/c15-12-4-1-3-11(14(12)16)13(5-2-10-19)18-8-6-17-7-9-18;/h1,3-4,13,17,19H,2,5-10H2;1H/t13-;/m0./s1. The van der Waals surface area contributed by atoms with Gasteiger partial charge in [0.25, 0.3) is 0 Å². The highest BCUT2D eigenvalue weighted by molar-refractivity contribution is 9.10. The number of aliphatic hydroxyl groups is 1. The molecule has 1 aliphatic rings. The van der Waals surface area contributed by atoms with E-state index in [0.717, 1.165) is 38.2 Å². The minimum absolute atomic E-state index is 0. The summed E-state index contributed by atoms with van der Waals surface area (Å²) < 4.78 is 14.8. The first-order valence-corrected chi connectivity index (χ1v) is 7.53. The van der Waals surface area contributed by atoms with Crippen LogP contribution in [0.3, 0.4) is 0 Å². The second-order valence-corrected chi connectivity index (χ2v) is 5.66. The van der Waals surface area contributed by atoms with Gasteiger partial charge in [-0.15, -0.1) is 12.4 Å². The Morgan fingerprint density at radius 1 is 1.35 bits per heavy atom. The summed E-state index contributed by atoms with van der Waals surface area (Å²) in [6.07, 6.45) is 1.48. The molecule has 0 aromatic heterocycles. The topological polar surface area (TPSA) is 35.5 Å². The van der Waals surface area contributed by atoms with E-state index in [1.807, 2.05) is 12.1 Å². The van der Waals surface area contributed by atoms with Crippen molar-refractivity contribution < 1.29 is 9.50 Å². The Hall–Kier alpha value is -0.200. The SMILES string of the molecule is Cl.OCCC[C@@H](c1cccc(Br)c1F)N1CCNCC1. The van der Waals surface area contributed by atoms with Crippen LogP contribution in [0.25, 0.3) is 0 Å². The zero-order chi connectivity index (χ0) is 13.7. The molecule has 0 bridgehead atoms. The zero-order valence-electron chi connectivity index (χ0n) is 11.3. The summed E-state index contributed by atoms with van der Waals surface area (Å²) in [6.45, 7) is 3.86. The van der Waals surface area contributed by atoms with Gasteiger partial charge in [0, 0.05) is 44.4 Å². The first-order chi connectivity index (χ1) is 9.24. The molecule has 0 unspecified atom stereocenters. The predicted molar refractivity (Wildman–Crippen MR) is 84.9 cm³/mol. The fraction of sp³-hybridized carbons (Fsp3) is 0.571. The van der Waals surface area contributed by atoms with Gasteiger partial charge in [-0.1, -0.05) is 12.1 Å². The first-order valence-electron chi connectivity index (χ1n) is 6.73. The number of hydrogen-bond acceptors (Lipinski definition) is 3. The molecular weight excluding hydrogens is 347 g/mol. The lowest BCUT2D eigenvalue weighted by Gasteiger charge is -2.35. The molecule has 0 spiro atoms. The maximum atomic E-state index is 14.3. The summed E-state index contributed by atoms with van der Waals surface area (Å²) in [5.41, 5.74) is 0.727. The fourth-order valence-corrected chi connectivity index (χ4v) is 2.97. The van der Waals surface area contributed by atoms with E-state index < -0.39 is 0 Å². The number of nitrogens with zero attached hydrogens (tertiary/aromatic N) is 1. The number of halogens is 3. The molecule has 1 aliphatic heterocycles. The van der Waals surface area contributed by atoms with Crippen LogP contribution in [-0.4, -0.2) is 42.8 Å². The molecule has 1 fully saturated rings. The van der Waals surface area contributed by atoms with E-state index in [2.05, 4.69) is 26.1 Å². The van der Waals surface area contributed by atoms with E-state index in [0.29, 0.717) is 10.9 Å². The van der Waals surface area contributed by atoms with Gasteiger partial charge in [0.05, 0.1) is 4.47 Å². The number of piperazine rings is 1. The van der Waals surface area contributed by atoms with Crippen molar-refractivity contribution in [3.63, 3.8) is 0 Å². The molecule has 1 aromatic carbocycles. The lowest BCUT2D eigenvalue weighted by atomic mass is 9.99. The molecule has 0 aliphatic carbocycles. The normalized spacial score (nSPS) is 17.6. The van der Waals surface area contributed by atoms with Gasteiger partial charge in [0.15, 0.2) is 0 Å². The summed E-state index contributed by atoms with van der Waals surface area (Å²) in [5, 5.41) is 12.4. The highest BCUT2D eigenvalue weighted by Gasteiger charge is 2.24. The van der Waals surface area contributed by atoms with E-state index in [1.54, 1.807) is 6.07 Å². The van der Waals surface area contributed by atoms with Crippen molar-refractivity contribution in [1.82, 2.24) is 10.2 Å². The van der Waals surface area contributed by atoms with Crippen molar-refractivity contribution in [3.05, 3.63) is 34.1 Å². The van der Waals surface area contributed by atoms with Crippen molar-refractivity contribution in [2.75, 3.05) is 32.8 Å². The Bertz CT molecular complexity index is 416. The van der Waals surface area contributed by atoms with Gasteiger partial charge < -0.3 is 10.4 Å². The average molecular weight is 368 g/mol. The minimum Gasteiger partial charge on any atom is -0.396 e. The minimum atomic E-state index is -0.177. The molecule has 0 radical (unpaired) electrons. The van der Waals surface area contributed by atoms with Crippen LogP contribution in [0.4, 0.5) is 4.39 Å². The molecule has 2 N–H and O–H groups in total. The van der Waals surface area contributed by atoms with Gasteiger partial charge >= 0.3 is 0 Å². The largest absolute Gasteiger partial charge is 0.396 e. The molecule has 0 amide bonds. The van der Waals surface area contributed by atoms with Crippen LogP contribution in [0, 0.1) is 5.82 Å². The Kier molecular flexibility index (Phi) is 7.99. The highest BCUT2D eigenvalue weighted by atomic mass is 79.9. The molecule has 2 rings (SSSR count). The number of aliphatic hydroxyl groups excluding tert-OH is 1. The number of nitrogens with one attached hydrogen (secondary N) is 1. The van der Waals surface area contributed by atoms with Crippen molar-refractivity contribution in [1.29, 1.82) is 0 Å². The van der Waals surface area contributed by atoms with Gasteiger partial charge in [-0.3, -0.25) is 4.90 Å². The van der Waals surface area contributed by atoms with Gasteiger partial charge in [-0.05, 0) is 34.8 Å². The van der Waals surface area contributed by atoms with Gasteiger partial charge in [-0.25, -0.2) is 4.39 Å². The number of benzene rings is 1. The summed E-state index contributed by atoms with van der Waals surface area (Å²) in [4.78, 5) is 2.30. The van der Waals surface area contributed by atoms with Crippen LogP contribution in [0.2, 0.25) is 0 Å². The van der Waals surface area contributed by atoms with Gasteiger partial charge in [-0.2, -0.15) is 0 Å². The molecule has 0 saturated carbocycles. The monoisotopic (exact) mass is 366 g/mol. The molecule has 3 nitrogen and oxygen atoms in total. The molecular formula is C14H21BrClFN2O. The van der Waals surface area contributed by atoms with E-state index in [-0.39, 0.29) is 30.9 Å². The summed E-state index contributed by atoms with van der Waals surface area (Å²) in [5.74, 6) is -0.177. The van der Waals surface area contributed by atoms with Gasteiger partial charge in [0.1, 0.15) is 5.82 Å².